The van der Waals surface area contributed by atoms with Gasteiger partial charge in [-0.15, -0.1) is 0 Å². The summed E-state index contributed by atoms with van der Waals surface area (Å²) in [7, 11) is 0. The van der Waals surface area contributed by atoms with Crippen molar-refractivity contribution >= 4 is 17.7 Å². The molecule has 1 fully saturated rings. The first kappa shape index (κ1) is 17.7. The van der Waals surface area contributed by atoms with Gasteiger partial charge >= 0.3 is 0 Å². The number of nitrogens with zero attached hydrogens (tertiary/aromatic N) is 2. The average molecular weight is 337 g/mol. The van der Waals surface area contributed by atoms with Crippen molar-refractivity contribution in [3.05, 3.63) is 30.1 Å². The predicted molar refractivity (Wildman–Crippen MR) is 83.5 cm³/mol. The number of carbonyl (C=O) groups excluding carboxylic acids is 3. The number of nitrogens with two attached hydrogens (primary N) is 1. The van der Waals surface area contributed by atoms with Crippen LogP contribution in [0.4, 0.5) is 4.39 Å². The second-order valence-corrected chi connectivity index (χ2v) is 5.53. The third-order valence-electron chi connectivity index (χ3n) is 3.85. The van der Waals surface area contributed by atoms with Crippen molar-refractivity contribution in [3.63, 3.8) is 0 Å². The highest BCUT2D eigenvalue weighted by molar-refractivity contribution is 5.87. The number of ether oxygens (including phenoxy) is 1. The van der Waals surface area contributed by atoms with Gasteiger partial charge in [-0.25, -0.2) is 4.39 Å². The molecule has 3 amide bonds. The molecule has 0 saturated carbocycles. The van der Waals surface area contributed by atoms with Crippen molar-refractivity contribution in [1.29, 1.82) is 0 Å². The molecular weight excluding hydrogens is 317 g/mol. The summed E-state index contributed by atoms with van der Waals surface area (Å²) in [5.41, 5.74) is 5.32. The molecule has 1 atom stereocenters. The summed E-state index contributed by atoms with van der Waals surface area (Å²) in [6, 6.07) is 4.84. The van der Waals surface area contributed by atoms with Gasteiger partial charge in [-0.05, 0) is 12.1 Å². The van der Waals surface area contributed by atoms with Crippen molar-refractivity contribution < 1.29 is 23.5 Å². The van der Waals surface area contributed by atoms with Crippen molar-refractivity contribution in [2.24, 2.45) is 5.73 Å². The number of primary amides is 1. The maximum Gasteiger partial charge on any atom is 0.242 e. The number of benzene rings is 1. The van der Waals surface area contributed by atoms with Crippen LogP contribution in [0.25, 0.3) is 0 Å². The van der Waals surface area contributed by atoms with Crippen LogP contribution in [0, 0.1) is 5.82 Å². The van der Waals surface area contributed by atoms with Crippen LogP contribution in [0.3, 0.4) is 0 Å². The zero-order chi connectivity index (χ0) is 17.7. The van der Waals surface area contributed by atoms with E-state index in [1.54, 1.807) is 6.07 Å². The molecule has 2 N–H and O–H groups in total. The van der Waals surface area contributed by atoms with E-state index in [0.29, 0.717) is 12.3 Å². The summed E-state index contributed by atoms with van der Waals surface area (Å²) < 4.78 is 18.4. The Balaban J connectivity index is 1.86. The van der Waals surface area contributed by atoms with Gasteiger partial charge in [0.15, 0.2) is 0 Å². The van der Waals surface area contributed by atoms with Crippen LogP contribution in [0.1, 0.15) is 13.3 Å². The van der Waals surface area contributed by atoms with E-state index in [-0.39, 0.29) is 37.9 Å². The summed E-state index contributed by atoms with van der Waals surface area (Å²) in [4.78, 5) is 38.1. The molecule has 130 valence electrons. The Labute approximate surface area is 139 Å². The van der Waals surface area contributed by atoms with Gasteiger partial charge in [0.2, 0.25) is 17.7 Å². The van der Waals surface area contributed by atoms with Gasteiger partial charge in [0.25, 0.3) is 0 Å². The first-order valence-corrected chi connectivity index (χ1v) is 7.61. The Morgan fingerprint density at radius 3 is 2.71 bits per heavy atom. The minimum Gasteiger partial charge on any atom is -0.493 e. The minimum absolute atomic E-state index is 0.0771. The van der Waals surface area contributed by atoms with Crippen LogP contribution in [-0.4, -0.2) is 59.8 Å². The van der Waals surface area contributed by atoms with Gasteiger partial charge in [0, 0.05) is 26.1 Å². The van der Waals surface area contributed by atoms with Crippen molar-refractivity contribution in [2.75, 3.05) is 26.2 Å². The number of hydrogen-bond donors (Lipinski definition) is 1. The first-order chi connectivity index (χ1) is 11.4. The lowest BCUT2D eigenvalue weighted by molar-refractivity contribution is -0.146. The molecule has 0 spiro atoms. The fraction of sp³-hybridized carbons (Fsp3) is 0.438. The summed E-state index contributed by atoms with van der Waals surface area (Å²) in [6.07, 6.45) is 0.0854. The lowest BCUT2D eigenvalue weighted by Crippen LogP contribution is -2.60. The van der Waals surface area contributed by atoms with E-state index in [1.165, 1.54) is 34.9 Å². The SMILES string of the molecule is CC(=O)N1CCN(C(=O)CCOc2cccc(F)c2)CC1C(N)=O. The highest BCUT2D eigenvalue weighted by atomic mass is 19.1. The van der Waals surface area contributed by atoms with Crippen LogP contribution in [-0.2, 0) is 14.4 Å². The summed E-state index contributed by atoms with van der Waals surface area (Å²) in [6.45, 7) is 2.13. The summed E-state index contributed by atoms with van der Waals surface area (Å²) >= 11 is 0. The average Bonchev–Trinajstić information content (AvgIpc) is 2.54. The van der Waals surface area contributed by atoms with Crippen LogP contribution < -0.4 is 10.5 Å². The Morgan fingerprint density at radius 1 is 1.33 bits per heavy atom. The molecule has 0 bridgehead atoms. The molecule has 1 aliphatic rings. The number of halogens is 1. The van der Waals surface area contributed by atoms with E-state index >= 15 is 0 Å². The van der Waals surface area contributed by atoms with Gasteiger partial charge in [-0.2, -0.15) is 0 Å². The van der Waals surface area contributed by atoms with Crippen molar-refractivity contribution in [3.8, 4) is 5.75 Å². The lowest BCUT2D eigenvalue weighted by Gasteiger charge is -2.39. The molecule has 0 aliphatic carbocycles. The van der Waals surface area contributed by atoms with Crippen molar-refractivity contribution in [2.45, 2.75) is 19.4 Å². The topological polar surface area (TPSA) is 92.9 Å². The molecule has 1 heterocycles. The highest BCUT2D eigenvalue weighted by Gasteiger charge is 2.34. The molecule has 2 rings (SSSR count). The monoisotopic (exact) mass is 337 g/mol. The van der Waals surface area contributed by atoms with Gasteiger partial charge in [-0.1, -0.05) is 6.07 Å². The van der Waals surface area contributed by atoms with Gasteiger partial charge in [-0.3, -0.25) is 14.4 Å². The predicted octanol–water partition coefficient (Wildman–Crippen LogP) is 0.139. The minimum atomic E-state index is -0.815. The first-order valence-electron chi connectivity index (χ1n) is 7.61. The Hall–Kier alpha value is -2.64. The molecule has 24 heavy (non-hydrogen) atoms. The van der Waals surface area contributed by atoms with E-state index in [9.17, 15) is 18.8 Å². The molecule has 1 saturated heterocycles. The molecule has 1 aromatic carbocycles. The number of piperazine rings is 1. The van der Waals surface area contributed by atoms with E-state index in [1.807, 2.05) is 0 Å². The van der Waals surface area contributed by atoms with Crippen LogP contribution in [0.15, 0.2) is 24.3 Å². The third kappa shape index (κ3) is 4.43. The standard InChI is InChI=1S/C16H20FN3O4/c1-11(21)20-7-6-19(10-14(20)16(18)23)15(22)5-8-24-13-4-2-3-12(17)9-13/h2-4,9,14H,5-8,10H2,1H3,(H2,18,23). The van der Waals surface area contributed by atoms with Crippen molar-refractivity contribution in [1.82, 2.24) is 9.80 Å². The largest absolute Gasteiger partial charge is 0.493 e. The molecular formula is C16H20FN3O4. The van der Waals surface area contributed by atoms with Crippen LogP contribution in [0.2, 0.25) is 0 Å². The summed E-state index contributed by atoms with van der Waals surface area (Å²) in [5, 5.41) is 0. The molecule has 7 nitrogen and oxygen atoms in total. The fourth-order valence-corrected chi connectivity index (χ4v) is 2.60. The molecule has 1 aliphatic heterocycles. The molecule has 1 aromatic rings. The third-order valence-corrected chi connectivity index (χ3v) is 3.85. The molecule has 0 aromatic heterocycles. The molecule has 0 radical (unpaired) electrons. The van der Waals surface area contributed by atoms with Crippen LogP contribution in [0.5, 0.6) is 5.75 Å². The molecule has 1 unspecified atom stereocenters. The smallest absolute Gasteiger partial charge is 0.242 e. The van der Waals surface area contributed by atoms with Gasteiger partial charge < -0.3 is 20.3 Å². The van der Waals surface area contributed by atoms with Crippen LogP contribution >= 0.6 is 0 Å². The summed E-state index contributed by atoms with van der Waals surface area (Å²) in [5.74, 6) is -1.16. The van der Waals surface area contributed by atoms with E-state index < -0.39 is 17.8 Å². The van der Waals surface area contributed by atoms with Gasteiger partial charge in [0.05, 0.1) is 19.6 Å². The maximum atomic E-state index is 13.0. The Kier molecular flexibility index (Phi) is 5.73. The Morgan fingerprint density at radius 2 is 2.08 bits per heavy atom. The Bertz CT molecular complexity index is 638. The quantitative estimate of drug-likeness (QED) is 0.827. The number of amides is 3. The van der Waals surface area contributed by atoms with E-state index in [4.69, 9.17) is 10.5 Å². The van der Waals surface area contributed by atoms with Gasteiger partial charge in [0.1, 0.15) is 17.6 Å². The second-order valence-electron chi connectivity index (χ2n) is 5.53. The zero-order valence-corrected chi connectivity index (χ0v) is 13.4. The maximum absolute atomic E-state index is 13.0. The van der Waals surface area contributed by atoms with E-state index in [0.717, 1.165) is 0 Å². The number of rotatable bonds is 5. The fourth-order valence-electron chi connectivity index (χ4n) is 2.60. The number of hydrogen-bond acceptors (Lipinski definition) is 4. The van der Waals surface area contributed by atoms with E-state index in [2.05, 4.69) is 0 Å². The molecule has 8 heteroatoms. The second kappa shape index (κ2) is 7.76. The number of carbonyl (C=O) groups is 3. The lowest BCUT2D eigenvalue weighted by atomic mass is 10.1. The highest BCUT2D eigenvalue weighted by Crippen LogP contribution is 2.14. The normalized spacial score (nSPS) is 17.5. The zero-order valence-electron chi connectivity index (χ0n) is 13.4.